The van der Waals surface area contributed by atoms with Crippen LogP contribution in [0.15, 0.2) is 30.4 Å². The van der Waals surface area contributed by atoms with Crippen molar-refractivity contribution in [2.24, 2.45) is 11.8 Å². The number of aliphatic carboxylic acids is 1. The molecule has 5 heteroatoms. The van der Waals surface area contributed by atoms with Crippen LogP contribution < -0.4 is 5.32 Å². The van der Waals surface area contributed by atoms with Gasteiger partial charge in [-0.2, -0.15) is 0 Å². The van der Waals surface area contributed by atoms with Crippen molar-refractivity contribution < 1.29 is 19.4 Å². The second kappa shape index (κ2) is 5.00. The van der Waals surface area contributed by atoms with Crippen LogP contribution in [0.1, 0.15) is 11.1 Å². The molecule has 1 aromatic rings. The van der Waals surface area contributed by atoms with Gasteiger partial charge in [-0.1, -0.05) is 18.2 Å². The zero-order valence-electron chi connectivity index (χ0n) is 11.9. The molecule has 1 aromatic carbocycles. The average molecular weight is 287 g/mol. The summed E-state index contributed by atoms with van der Waals surface area (Å²) in [7, 11) is 0. The average Bonchev–Trinajstić information content (AvgIpc) is 2.96. The third-order valence-corrected chi connectivity index (χ3v) is 3.98. The summed E-state index contributed by atoms with van der Waals surface area (Å²) >= 11 is 0. The smallest absolute Gasteiger partial charge is 0.310 e. The molecular weight excluding hydrogens is 270 g/mol. The van der Waals surface area contributed by atoms with Crippen molar-refractivity contribution in [2.75, 3.05) is 5.32 Å². The second-order valence-corrected chi connectivity index (χ2v) is 5.71. The number of benzene rings is 1. The molecule has 2 bridgehead atoms. The van der Waals surface area contributed by atoms with Gasteiger partial charge in [-0.15, -0.1) is 0 Å². The predicted octanol–water partition coefficient (Wildman–Crippen LogP) is 1.90. The minimum atomic E-state index is -0.993. The molecule has 5 nitrogen and oxygen atoms in total. The number of nitrogens with one attached hydrogen (secondary N) is 1. The topological polar surface area (TPSA) is 75.6 Å². The van der Waals surface area contributed by atoms with Gasteiger partial charge in [-0.05, 0) is 37.1 Å². The lowest BCUT2D eigenvalue weighted by Crippen LogP contribution is -2.39. The van der Waals surface area contributed by atoms with E-state index in [0.29, 0.717) is 5.69 Å². The van der Waals surface area contributed by atoms with Gasteiger partial charge in [0, 0.05) is 5.69 Å². The van der Waals surface area contributed by atoms with Crippen LogP contribution in [0.3, 0.4) is 0 Å². The van der Waals surface area contributed by atoms with Crippen LogP contribution in [0.2, 0.25) is 0 Å². The van der Waals surface area contributed by atoms with Gasteiger partial charge in [0.05, 0.1) is 18.1 Å². The summed E-state index contributed by atoms with van der Waals surface area (Å²) in [6.45, 7) is 3.90. The van der Waals surface area contributed by atoms with Crippen LogP contribution >= 0.6 is 0 Å². The zero-order valence-corrected chi connectivity index (χ0v) is 11.9. The standard InChI is InChI=1S/C16H17NO4/c1-8-5-9(2)7-10(6-8)17-15(18)13-11-3-4-12(21-11)14(13)16(19)20/h3-7,11-14H,1-2H3,(H,17,18)(H,19,20)/t11-,12-,13+,14-/m0/s1. The second-order valence-electron chi connectivity index (χ2n) is 5.71. The van der Waals surface area contributed by atoms with Crippen molar-refractivity contribution in [3.05, 3.63) is 41.5 Å². The van der Waals surface area contributed by atoms with E-state index in [1.807, 2.05) is 32.0 Å². The van der Waals surface area contributed by atoms with Crippen LogP contribution in [0.25, 0.3) is 0 Å². The Morgan fingerprint density at radius 2 is 1.62 bits per heavy atom. The van der Waals surface area contributed by atoms with Gasteiger partial charge in [-0.3, -0.25) is 9.59 Å². The molecule has 0 aliphatic carbocycles. The molecule has 21 heavy (non-hydrogen) atoms. The molecule has 0 aromatic heterocycles. The van der Waals surface area contributed by atoms with Gasteiger partial charge in [0.2, 0.25) is 5.91 Å². The molecule has 0 saturated carbocycles. The summed E-state index contributed by atoms with van der Waals surface area (Å²) in [5.74, 6) is -2.79. The van der Waals surface area contributed by atoms with E-state index in [-0.39, 0.29) is 5.91 Å². The monoisotopic (exact) mass is 287 g/mol. The van der Waals surface area contributed by atoms with Crippen LogP contribution in [-0.2, 0) is 14.3 Å². The molecule has 0 unspecified atom stereocenters. The largest absolute Gasteiger partial charge is 0.481 e. The van der Waals surface area contributed by atoms with Crippen molar-refractivity contribution in [1.29, 1.82) is 0 Å². The molecule has 4 atom stereocenters. The minimum absolute atomic E-state index is 0.302. The number of amides is 1. The van der Waals surface area contributed by atoms with E-state index in [4.69, 9.17) is 4.74 Å². The lowest BCUT2D eigenvalue weighted by atomic mass is 9.82. The van der Waals surface area contributed by atoms with Crippen molar-refractivity contribution in [2.45, 2.75) is 26.1 Å². The van der Waals surface area contributed by atoms with Gasteiger partial charge in [0.25, 0.3) is 0 Å². The maximum atomic E-state index is 12.5. The van der Waals surface area contributed by atoms with Gasteiger partial charge in [0.1, 0.15) is 5.92 Å². The molecule has 2 heterocycles. The molecule has 3 rings (SSSR count). The Hall–Kier alpha value is -2.14. The molecule has 1 amide bonds. The molecular formula is C16H17NO4. The van der Waals surface area contributed by atoms with Gasteiger partial charge < -0.3 is 15.2 Å². The Labute approximate surface area is 122 Å². The summed E-state index contributed by atoms with van der Waals surface area (Å²) in [6, 6.07) is 5.74. The van der Waals surface area contributed by atoms with E-state index in [0.717, 1.165) is 11.1 Å². The molecule has 0 spiro atoms. The van der Waals surface area contributed by atoms with Crippen molar-refractivity contribution >= 4 is 17.6 Å². The lowest BCUT2D eigenvalue weighted by molar-refractivity contribution is -0.145. The summed E-state index contributed by atoms with van der Waals surface area (Å²) in [5, 5.41) is 12.1. The molecule has 1 fully saturated rings. The lowest BCUT2D eigenvalue weighted by Gasteiger charge is -2.21. The van der Waals surface area contributed by atoms with E-state index >= 15 is 0 Å². The van der Waals surface area contributed by atoms with Crippen LogP contribution in [0.5, 0.6) is 0 Å². The van der Waals surface area contributed by atoms with Crippen LogP contribution in [0, 0.1) is 25.7 Å². The molecule has 2 N–H and O–H groups in total. The van der Waals surface area contributed by atoms with Gasteiger partial charge in [0.15, 0.2) is 0 Å². The molecule has 1 saturated heterocycles. The number of carboxylic acid groups (broad SMARTS) is 1. The van der Waals surface area contributed by atoms with Crippen molar-refractivity contribution in [1.82, 2.24) is 0 Å². The number of anilines is 1. The number of hydrogen-bond donors (Lipinski definition) is 2. The number of fused-ring (bicyclic) bond motifs is 2. The van der Waals surface area contributed by atoms with E-state index in [1.54, 1.807) is 12.2 Å². The number of ether oxygens (including phenoxy) is 1. The summed E-state index contributed by atoms with van der Waals surface area (Å²) in [6.07, 6.45) is 2.56. The first-order chi connectivity index (χ1) is 9.95. The van der Waals surface area contributed by atoms with Crippen molar-refractivity contribution in [3.8, 4) is 0 Å². The molecule has 0 radical (unpaired) electrons. The first kappa shape index (κ1) is 13.8. The Bertz CT molecular complexity index is 617. The fourth-order valence-electron chi connectivity index (χ4n) is 3.19. The summed E-state index contributed by atoms with van der Waals surface area (Å²) in [4.78, 5) is 23.8. The fraction of sp³-hybridized carbons (Fsp3) is 0.375. The Morgan fingerprint density at radius 3 is 2.19 bits per heavy atom. The first-order valence-electron chi connectivity index (χ1n) is 6.91. The normalized spacial score (nSPS) is 29.6. The highest BCUT2D eigenvalue weighted by molar-refractivity contribution is 5.96. The maximum absolute atomic E-state index is 12.5. The zero-order chi connectivity index (χ0) is 15.1. The highest BCUT2D eigenvalue weighted by Gasteiger charge is 2.53. The minimum Gasteiger partial charge on any atom is -0.481 e. The summed E-state index contributed by atoms with van der Waals surface area (Å²) < 4.78 is 5.51. The number of hydrogen-bond acceptors (Lipinski definition) is 3. The molecule has 2 aliphatic rings. The highest BCUT2D eigenvalue weighted by atomic mass is 16.5. The third-order valence-electron chi connectivity index (χ3n) is 3.98. The van der Waals surface area contributed by atoms with E-state index < -0.39 is 30.0 Å². The SMILES string of the molecule is Cc1cc(C)cc(NC(=O)[C@H]2[C@@H](C(=O)O)[C@@H]3C=C[C@@H]2O3)c1. The Kier molecular flexibility index (Phi) is 3.29. The van der Waals surface area contributed by atoms with Crippen molar-refractivity contribution in [3.63, 3.8) is 0 Å². The number of carboxylic acids is 1. The quantitative estimate of drug-likeness (QED) is 0.833. The van der Waals surface area contributed by atoms with E-state index in [1.165, 1.54) is 0 Å². The maximum Gasteiger partial charge on any atom is 0.310 e. The number of aryl methyl sites for hydroxylation is 2. The molecule has 110 valence electrons. The Morgan fingerprint density at radius 1 is 1.05 bits per heavy atom. The third kappa shape index (κ3) is 2.45. The number of rotatable bonds is 3. The first-order valence-corrected chi connectivity index (χ1v) is 6.91. The number of carbonyl (C=O) groups excluding carboxylic acids is 1. The van der Waals surface area contributed by atoms with Gasteiger partial charge >= 0.3 is 5.97 Å². The van der Waals surface area contributed by atoms with E-state index in [2.05, 4.69) is 5.32 Å². The van der Waals surface area contributed by atoms with Crippen LogP contribution in [-0.4, -0.2) is 29.2 Å². The van der Waals surface area contributed by atoms with E-state index in [9.17, 15) is 14.7 Å². The highest BCUT2D eigenvalue weighted by Crippen LogP contribution is 2.39. The van der Waals surface area contributed by atoms with Gasteiger partial charge in [-0.25, -0.2) is 0 Å². The molecule has 2 aliphatic heterocycles. The fourth-order valence-corrected chi connectivity index (χ4v) is 3.19. The predicted molar refractivity (Wildman–Crippen MR) is 77.0 cm³/mol. The summed E-state index contributed by atoms with van der Waals surface area (Å²) in [5.41, 5.74) is 2.78. The van der Waals surface area contributed by atoms with Crippen LogP contribution in [0.4, 0.5) is 5.69 Å². The number of carbonyl (C=O) groups is 2. The Balaban J connectivity index is 1.82.